The van der Waals surface area contributed by atoms with Crippen molar-refractivity contribution >= 4 is 40.2 Å². The quantitative estimate of drug-likeness (QED) is 0.285. The Morgan fingerprint density at radius 1 is 1.15 bits per heavy atom. The first-order chi connectivity index (χ1) is 19.2. The van der Waals surface area contributed by atoms with E-state index in [2.05, 4.69) is 14.9 Å². The van der Waals surface area contributed by atoms with Crippen LogP contribution in [-0.2, 0) is 37.4 Å². The predicted molar refractivity (Wildman–Crippen MR) is 144 cm³/mol. The topological polar surface area (TPSA) is 89.7 Å². The molecule has 1 N–H and O–H groups in total. The van der Waals surface area contributed by atoms with Gasteiger partial charge in [-0.25, -0.2) is 23.5 Å². The minimum atomic E-state index is -1.20. The smallest absolute Gasteiger partial charge is 0.335 e. The highest BCUT2D eigenvalue weighted by Crippen LogP contribution is 2.31. The molecule has 0 spiro atoms. The molecule has 40 heavy (non-hydrogen) atoms. The second-order valence-corrected chi connectivity index (χ2v) is 10.8. The van der Waals surface area contributed by atoms with Crippen LogP contribution >= 0.6 is 23.2 Å². The maximum absolute atomic E-state index is 14.9. The number of rotatable bonds is 8. The largest absolute Gasteiger partial charge is 0.478 e. The van der Waals surface area contributed by atoms with Crippen molar-refractivity contribution in [3.63, 3.8) is 0 Å². The Kier molecular flexibility index (Phi) is 7.35. The van der Waals surface area contributed by atoms with Crippen LogP contribution in [0.15, 0.2) is 36.4 Å². The molecule has 1 fully saturated rings. The van der Waals surface area contributed by atoms with Gasteiger partial charge in [-0.3, -0.25) is 4.90 Å². The number of imidazole rings is 1. The number of carboxylic acids is 1. The van der Waals surface area contributed by atoms with Crippen molar-refractivity contribution in [3.05, 3.63) is 86.3 Å². The van der Waals surface area contributed by atoms with Gasteiger partial charge in [0.25, 0.3) is 0 Å². The van der Waals surface area contributed by atoms with Gasteiger partial charge in [0.1, 0.15) is 28.8 Å². The van der Waals surface area contributed by atoms with Crippen LogP contribution in [0.5, 0.6) is 5.88 Å². The molecular formula is C28H24Cl2F2N4O4. The highest BCUT2D eigenvalue weighted by molar-refractivity contribution is 6.32. The lowest BCUT2D eigenvalue weighted by atomic mass is 10.1. The number of hydrogen-bond donors (Lipinski definition) is 1. The molecule has 0 saturated carbocycles. The van der Waals surface area contributed by atoms with E-state index in [1.807, 2.05) is 10.6 Å². The van der Waals surface area contributed by atoms with Gasteiger partial charge in [-0.1, -0.05) is 29.3 Å². The van der Waals surface area contributed by atoms with Gasteiger partial charge in [0.15, 0.2) is 5.82 Å². The van der Waals surface area contributed by atoms with Crippen LogP contribution in [0.3, 0.4) is 0 Å². The third kappa shape index (κ3) is 5.36. The van der Waals surface area contributed by atoms with E-state index in [-0.39, 0.29) is 29.7 Å². The molecule has 4 heterocycles. The summed E-state index contributed by atoms with van der Waals surface area (Å²) in [4.78, 5) is 22.9. The van der Waals surface area contributed by atoms with E-state index < -0.39 is 17.6 Å². The van der Waals surface area contributed by atoms with E-state index in [1.165, 1.54) is 12.1 Å². The molecule has 0 amide bonds. The summed E-state index contributed by atoms with van der Waals surface area (Å²) < 4.78 is 42.3. The number of nitrogens with zero attached hydrogens (tertiary/aromatic N) is 4. The number of ether oxygens (including phenoxy) is 2. The van der Waals surface area contributed by atoms with Crippen molar-refractivity contribution in [3.8, 4) is 5.88 Å². The summed E-state index contributed by atoms with van der Waals surface area (Å²) in [5.74, 6) is -1.55. The summed E-state index contributed by atoms with van der Waals surface area (Å²) in [5.41, 5.74) is 2.51. The maximum Gasteiger partial charge on any atom is 0.335 e. The maximum atomic E-state index is 14.9. The van der Waals surface area contributed by atoms with Gasteiger partial charge in [0.05, 0.1) is 36.0 Å². The molecule has 208 valence electrons. The lowest BCUT2D eigenvalue weighted by Crippen LogP contribution is -2.34. The first kappa shape index (κ1) is 26.9. The van der Waals surface area contributed by atoms with Crippen LogP contribution in [-0.4, -0.2) is 49.8 Å². The van der Waals surface area contributed by atoms with E-state index in [0.29, 0.717) is 66.2 Å². The standard InChI is InChI=1S/C28H24Cl2F2N4O4/c29-18-2-1-16(21(31)10-18)14-40-27-20(30)7-15-3-5-35(12-23(15)33-27)13-25-34-26-22(32)8-17(28(37)38)9-24(26)36(25)11-19-4-6-39-19/h1-2,7-10,19H,3-6,11-14H2,(H,37,38)/t19-/m0/s1. The van der Waals surface area contributed by atoms with Crippen molar-refractivity contribution in [1.29, 1.82) is 0 Å². The first-order valence-corrected chi connectivity index (χ1v) is 13.5. The van der Waals surface area contributed by atoms with Crippen LogP contribution in [0, 0.1) is 11.6 Å². The number of benzene rings is 2. The number of carboxylic acid groups (broad SMARTS) is 1. The zero-order chi connectivity index (χ0) is 28.0. The van der Waals surface area contributed by atoms with Gasteiger partial charge in [0.2, 0.25) is 5.88 Å². The minimum Gasteiger partial charge on any atom is -0.478 e. The lowest BCUT2D eigenvalue weighted by Gasteiger charge is -2.30. The van der Waals surface area contributed by atoms with Crippen molar-refractivity contribution < 1.29 is 28.2 Å². The molecule has 0 aliphatic carbocycles. The Hall–Kier alpha value is -3.31. The van der Waals surface area contributed by atoms with Crippen LogP contribution in [0.25, 0.3) is 11.0 Å². The fraction of sp³-hybridized carbons (Fsp3) is 0.321. The van der Waals surface area contributed by atoms with Gasteiger partial charge < -0.3 is 19.1 Å². The number of halogens is 4. The van der Waals surface area contributed by atoms with E-state index in [9.17, 15) is 18.7 Å². The number of aromatic carboxylic acids is 1. The molecule has 0 bridgehead atoms. The summed E-state index contributed by atoms with van der Waals surface area (Å²) >= 11 is 12.3. The van der Waals surface area contributed by atoms with Gasteiger partial charge in [-0.15, -0.1) is 0 Å². The number of hydrogen-bond acceptors (Lipinski definition) is 6. The third-order valence-corrected chi connectivity index (χ3v) is 7.75. The van der Waals surface area contributed by atoms with Gasteiger partial charge in [0, 0.05) is 30.3 Å². The van der Waals surface area contributed by atoms with Crippen molar-refractivity contribution in [1.82, 2.24) is 19.4 Å². The normalized spacial score (nSPS) is 17.1. The number of aromatic nitrogens is 3. The molecule has 6 rings (SSSR count). The van der Waals surface area contributed by atoms with Crippen LogP contribution in [0.4, 0.5) is 8.78 Å². The number of pyridine rings is 1. The highest BCUT2D eigenvalue weighted by atomic mass is 35.5. The molecule has 1 saturated heterocycles. The van der Waals surface area contributed by atoms with Gasteiger partial charge >= 0.3 is 5.97 Å². The Morgan fingerprint density at radius 3 is 2.70 bits per heavy atom. The Balaban J connectivity index is 1.24. The van der Waals surface area contributed by atoms with Crippen molar-refractivity contribution in [2.75, 3.05) is 13.2 Å². The monoisotopic (exact) mass is 588 g/mol. The summed E-state index contributed by atoms with van der Waals surface area (Å²) in [6, 6.07) is 8.63. The fourth-order valence-corrected chi connectivity index (χ4v) is 5.39. The molecule has 2 aromatic carbocycles. The molecule has 1 atom stereocenters. The molecule has 2 aromatic heterocycles. The molecule has 4 aromatic rings. The molecule has 12 heteroatoms. The average molecular weight is 589 g/mol. The van der Waals surface area contributed by atoms with Crippen molar-refractivity contribution in [2.24, 2.45) is 0 Å². The number of carbonyl (C=O) groups is 1. The van der Waals surface area contributed by atoms with E-state index in [0.717, 1.165) is 23.7 Å². The average Bonchev–Trinajstić information content (AvgIpc) is 3.23. The summed E-state index contributed by atoms with van der Waals surface area (Å²) in [7, 11) is 0. The highest BCUT2D eigenvalue weighted by Gasteiger charge is 2.27. The predicted octanol–water partition coefficient (Wildman–Crippen LogP) is 5.64. The third-order valence-electron chi connectivity index (χ3n) is 7.24. The summed E-state index contributed by atoms with van der Waals surface area (Å²) in [6.45, 7) is 2.59. The Bertz CT molecular complexity index is 1630. The summed E-state index contributed by atoms with van der Waals surface area (Å²) in [6.07, 6.45) is 1.51. The first-order valence-electron chi connectivity index (χ1n) is 12.8. The molecule has 2 aliphatic rings. The van der Waals surface area contributed by atoms with Crippen LogP contribution in [0.1, 0.15) is 39.4 Å². The van der Waals surface area contributed by atoms with Crippen LogP contribution < -0.4 is 4.74 Å². The molecule has 0 unspecified atom stereocenters. The zero-order valence-corrected chi connectivity index (χ0v) is 22.7. The van der Waals surface area contributed by atoms with E-state index in [4.69, 9.17) is 32.7 Å². The van der Waals surface area contributed by atoms with E-state index in [1.54, 1.807) is 12.1 Å². The van der Waals surface area contributed by atoms with Crippen LogP contribution in [0.2, 0.25) is 10.0 Å². The second kappa shape index (κ2) is 10.9. The minimum absolute atomic E-state index is 0.0382. The molecule has 0 radical (unpaired) electrons. The Morgan fingerprint density at radius 2 is 1.98 bits per heavy atom. The summed E-state index contributed by atoms with van der Waals surface area (Å²) in [5, 5.41) is 10.1. The lowest BCUT2D eigenvalue weighted by molar-refractivity contribution is -0.0592. The SMILES string of the molecule is O=C(O)c1cc(F)c2nc(CN3CCc4cc(Cl)c(OCc5ccc(Cl)cc5F)nc4C3)n(C[C@@H]3CCO3)c2c1. The van der Waals surface area contributed by atoms with Gasteiger partial charge in [-0.2, -0.15) is 0 Å². The molecule has 8 nitrogen and oxygen atoms in total. The van der Waals surface area contributed by atoms with E-state index >= 15 is 0 Å². The van der Waals surface area contributed by atoms with Gasteiger partial charge in [-0.05, 0) is 48.7 Å². The molecule has 2 aliphatic heterocycles. The number of fused-ring (bicyclic) bond motifs is 2. The van der Waals surface area contributed by atoms with Crippen molar-refractivity contribution in [2.45, 2.75) is 45.2 Å². The second-order valence-electron chi connectivity index (χ2n) is 9.92. The Labute approximate surface area is 238 Å². The fourth-order valence-electron chi connectivity index (χ4n) is 5.00. The molecular weight excluding hydrogens is 565 g/mol. The zero-order valence-electron chi connectivity index (χ0n) is 21.2.